The lowest BCUT2D eigenvalue weighted by molar-refractivity contribution is 0.418. The highest BCUT2D eigenvalue weighted by molar-refractivity contribution is 7.88. The molecule has 6 nitrogen and oxygen atoms in total. The van der Waals surface area contributed by atoms with Gasteiger partial charge in [0.2, 0.25) is 10.0 Å². The fourth-order valence-corrected chi connectivity index (χ4v) is 2.87. The smallest absolute Gasteiger partial charge is 0.211 e. The van der Waals surface area contributed by atoms with Gasteiger partial charge in [0.05, 0.1) is 18.3 Å². The summed E-state index contributed by atoms with van der Waals surface area (Å²) in [5.41, 5.74) is 1.15. The van der Waals surface area contributed by atoms with Gasteiger partial charge in [-0.3, -0.25) is 0 Å². The second-order valence-electron chi connectivity index (χ2n) is 4.46. The Morgan fingerprint density at radius 1 is 1.42 bits per heavy atom. The van der Waals surface area contributed by atoms with Gasteiger partial charge >= 0.3 is 0 Å². The zero-order valence-corrected chi connectivity index (χ0v) is 12.8. The molecule has 0 spiro atoms. The molecule has 0 fully saturated rings. The Labute approximate surface area is 115 Å². The van der Waals surface area contributed by atoms with Crippen molar-refractivity contribution in [2.75, 3.05) is 25.9 Å². The topological polar surface area (TPSA) is 67.2 Å². The molecule has 0 unspecified atom stereocenters. The van der Waals surface area contributed by atoms with Crippen LogP contribution in [0, 0.1) is 0 Å². The van der Waals surface area contributed by atoms with E-state index in [4.69, 9.17) is 0 Å². The molecule has 0 radical (unpaired) electrons. The van der Waals surface area contributed by atoms with Crippen LogP contribution in [0.5, 0.6) is 0 Å². The van der Waals surface area contributed by atoms with Crippen LogP contribution < -0.4 is 5.32 Å². The predicted molar refractivity (Wildman–Crippen MR) is 76.3 cm³/mol. The van der Waals surface area contributed by atoms with Crippen LogP contribution in [0.2, 0.25) is 0 Å². The van der Waals surface area contributed by atoms with E-state index in [1.165, 1.54) is 10.6 Å². The number of imidazole rings is 1. The summed E-state index contributed by atoms with van der Waals surface area (Å²) in [4.78, 5) is 4.10. The summed E-state index contributed by atoms with van der Waals surface area (Å²) in [6.07, 6.45) is 5.73. The van der Waals surface area contributed by atoms with Gasteiger partial charge in [-0.05, 0) is 19.9 Å². The van der Waals surface area contributed by atoms with E-state index in [1.807, 2.05) is 19.4 Å². The molecule has 0 amide bonds. The number of nitrogens with one attached hydrogen (secondary N) is 1. The highest BCUT2D eigenvalue weighted by atomic mass is 32.2. The van der Waals surface area contributed by atoms with E-state index in [0.717, 1.165) is 31.7 Å². The first-order chi connectivity index (χ1) is 8.99. The molecule has 0 aliphatic carbocycles. The largest absolute Gasteiger partial charge is 0.334 e. The van der Waals surface area contributed by atoms with Crippen molar-refractivity contribution in [3.8, 4) is 0 Å². The molecular weight excluding hydrogens is 264 g/mol. The Bertz CT molecular complexity index is 470. The average molecular weight is 288 g/mol. The average Bonchev–Trinajstić information content (AvgIpc) is 2.79. The third-order valence-electron chi connectivity index (χ3n) is 3.03. The molecule has 7 heteroatoms. The van der Waals surface area contributed by atoms with Crippen molar-refractivity contribution in [1.82, 2.24) is 19.2 Å². The van der Waals surface area contributed by atoms with Gasteiger partial charge in [0.15, 0.2) is 0 Å². The molecule has 1 aromatic heterocycles. The summed E-state index contributed by atoms with van der Waals surface area (Å²) in [5, 5.41) is 3.31. The van der Waals surface area contributed by atoms with Crippen LogP contribution in [-0.2, 0) is 23.1 Å². The van der Waals surface area contributed by atoms with E-state index >= 15 is 0 Å². The van der Waals surface area contributed by atoms with Gasteiger partial charge in [0, 0.05) is 32.4 Å². The van der Waals surface area contributed by atoms with Gasteiger partial charge < -0.3 is 9.88 Å². The number of sulfonamides is 1. The molecule has 1 aromatic rings. The number of nitrogens with zero attached hydrogens (tertiary/aromatic N) is 3. The lowest BCUT2D eigenvalue weighted by Gasteiger charge is -2.17. The van der Waals surface area contributed by atoms with Crippen LogP contribution in [0.25, 0.3) is 0 Å². The van der Waals surface area contributed by atoms with Crippen LogP contribution in [0.15, 0.2) is 12.5 Å². The summed E-state index contributed by atoms with van der Waals surface area (Å²) >= 11 is 0. The summed E-state index contributed by atoms with van der Waals surface area (Å²) in [6, 6.07) is 0. The fourth-order valence-electron chi connectivity index (χ4n) is 1.94. The van der Waals surface area contributed by atoms with Gasteiger partial charge in [0.25, 0.3) is 0 Å². The van der Waals surface area contributed by atoms with Crippen molar-refractivity contribution < 1.29 is 8.42 Å². The van der Waals surface area contributed by atoms with E-state index in [1.54, 1.807) is 0 Å². The zero-order valence-electron chi connectivity index (χ0n) is 12.0. The van der Waals surface area contributed by atoms with Gasteiger partial charge in [-0.1, -0.05) is 6.92 Å². The quantitative estimate of drug-likeness (QED) is 0.678. The molecular formula is C12H24N4O2S. The molecule has 110 valence electrons. The minimum absolute atomic E-state index is 0.529. The van der Waals surface area contributed by atoms with Gasteiger partial charge in [0.1, 0.15) is 0 Å². The highest BCUT2D eigenvalue weighted by Crippen LogP contribution is 2.00. The first kappa shape index (κ1) is 16.1. The Morgan fingerprint density at radius 2 is 2.16 bits per heavy atom. The maximum absolute atomic E-state index is 11.4. The molecule has 1 heterocycles. The number of rotatable bonds is 9. The third kappa shape index (κ3) is 5.30. The van der Waals surface area contributed by atoms with Crippen LogP contribution in [0.3, 0.4) is 0 Å². The first-order valence-electron chi connectivity index (χ1n) is 6.63. The Kier molecular flexibility index (Phi) is 6.47. The molecule has 0 aliphatic rings. The van der Waals surface area contributed by atoms with Crippen LogP contribution in [0.4, 0.5) is 0 Å². The van der Waals surface area contributed by atoms with Crippen molar-refractivity contribution in [3.05, 3.63) is 18.2 Å². The van der Waals surface area contributed by atoms with Crippen molar-refractivity contribution >= 4 is 10.0 Å². The van der Waals surface area contributed by atoms with Crippen LogP contribution in [-0.4, -0.2) is 48.2 Å². The molecule has 0 aliphatic heterocycles. The fraction of sp³-hybridized carbons (Fsp3) is 0.750. The van der Waals surface area contributed by atoms with Crippen molar-refractivity contribution in [2.24, 2.45) is 0 Å². The number of hydrogen-bond donors (Lipinski definition) is 1. The molecule has 0 aromatic carbocycles. The minimum Gasteiger partial charge on any atom is -0.334 e. The second kappa shape index (κ2) is 7.62. The summed E-state index contributed by atoms with van der Waals surface area (Å²) in [7, 11) is -3.06. The molecule has 0 bridgehead atoms. The van der Waals surface area contributed by atoms with Crippen LogP contribution >= 0.6 is 0 Å². The van der Waals surface area contributed by atoms with Gasteiger partial charge in [-0.2, -0.15) is 0 Å². The molecule has 19 heavy (non-hydrogen) atoms. The maximum Gasteiger partial charge on any atom is 0.211 e. The zero-order chi connectivity index (χ0) is 14.3. The standard InChI is InChI=1S/C12H24N4O2S/c1-4-15-11-14-10-12(15)9-13-7-6-8-16(5-2)19(3,17)18/h10-11,13H,4-9H2,1-3H3. The van der Waals surface area contributed by atoms with E-state index in [-0.39, 0.29) is 0 Å². The van der Waals surface area contributed by atoms with Crippen LogP contribution in [0.1, 0.15) is 26.0 Å². The lowest BCUT2D eigenvalue weighted by atomic mass is 10.4. The third-order valence-corrected chi connectivity index (χ3v) is 4.41. The number of aromatic nitrogens is 2. The maximum atomic E-state index is 11.4. The highest BCUT2D eigenvalue weighted by Gasteiger charge is 2.12. The lowest BCUT2D eigenvalue weighted by Crippen LogP contribution is -2.32. The number of aryl methyl sites for hydroxylation is 1. The Balaban J connectivity index is 2.25. The van der Waals surface area contributed by atoms with E-state index in [0.29, 0.717) is 13.1 Å². The van der Waals surface area contributed by atoms with E-state index < -0.39 is 10.0 Å². The Hall–Kier alpha value is -0.920. The van der Waals surface area contributed by atoms with E-state index in [9.17, 15) is 8.42 Å². The second-order valence-corrected chi connectivity index (χ2v) is 6.44. The molecule has 1 rings (SSSR count). The van der Waals surface area contributed by atoms with Crippen molar-refractivity contribution in [3.63, 3.8) is 0 Å². The minimum atomic E-state index is -3.06. The summed E-state index contributed by atoms with van der Waals surface area (Å²) < 4.78 is 26.4. The predicted octanol–water partition coefficient (Wildman–Crippen LogP) is 0.664. The van der Waals surface area contributed by atoms with Crippen molar-refractivity contribution in [2.45, 2.75) is 33.4 Å². The first-order valence-corrected chi connectivity index (χ1v) is 8.48. The van der Waals surface area contributed by atoms with E-state index in [2.05, 4.69) is 21.8 Å². The molecule has 0 saturated carbocycles. The Morgan fingerprint density at radius 3 is 2.74 bits per heavy atom. The SMILES string of the molecule is CCN(CCCNCc1cncn1CC)S(C)(=O)=O. The molecule has 0 saturated heterocycles. The summed E-state index contributed by atoms with van der Waals surface area (Å²) in [5.74, 6) is 0. The molecule has 0 atom stereocenters. The monoisotopic (exact) mass is 288 g/mol. The van der Waals surface area contributed by atoms with Gasteiger partial charge in [-0.15, -0.1) is 0 Å². The molecule has 1 N–H and O–H groups in total. The van der Waals surface area contributed by atoms with Gasteiger partial charge in [-0.25, -0.2) is 17.7 Å². The number of hydrogen-bond acceptors (Lipinski definition) is 4. The van der Waals surface area contributed by atoms with Crippen molar-refractivity contribution in [1.29, 1.82) is 0 Å². The normalized spacial score (nSPS) is 12.2. The summed E-state index contributed by atoms with van der Waals surface area (Å²) in [6.45, 7) is 7.50.